The highest BCUT2D eigenvalue weighted by Gasteiger charge is 2.24. The number of hydrogen-bond donors (Lipinski definition) is 0. The average Bonchev–Trinajstić information content (AvgIpc) is 2.77. The molecule has 0 aliphatic carbocycles. The van der Waals surface area contributed by atoms with E-state index in [1.165, 1.54) is 51.6 Å². The molecule has 0 bridgehead atoms. The predicted octanol–water partition coefficient (Wildman–Crippen LogP) is 3.26. The predicted molar refractivity (Wildman–Crippen MR) is 112 cm³/mol. The minimum absolute atomic E-state index is 0.0251. The van der Waals surface area contributed by atoms with E-state index >= 15 is 0 Å². The van der Waals surface area contributed by atoms with E-state index in [1.807, 2.05) is 0 Å². The number of unbranched alkanes of at least 4 members (excludes halogenated alkanes) is 1. The van der Waals surface area contributed by atoms with Crippen LogP contribution in [-0.2, 0) is 19.5 Å². The summed E-state index contributed by atoms with van der Waals surface area (Å²) in [6.07, 6.45) is 1.90. The molecule has 0 atom stereocenters. The van der Waals surface area contributed by atoms with Gasteiger partial charge in [0.15, 0.2) is 0 Å². The number of hydrogen-bond acceptors (Lipinski definition) is 7. The number of sulfonamides is 1. The molecule has 0 aliphatic heterocycles. The highest BCUT2D eigenvalue weighted by molar-refractivity contribution is 7.92. The van der Waals surface area contributed by atoms with Crippen LogP contribution in [0.15, 0.2) is 47.4 Å². The molecule has 2 rings (SSSR count). The molecular formula is C21H25NO7S. The van der Waals surface area contributed by atoms with Crippen LogP contribution in [0.3, 0.4) is 0 Å². The lowest BCUT2D eigenvalue weighted by molar-refractivity contribution is 0.0599. The first-order chi connectivity index (χ1) is 14.2. The summed E-state index contributed by atoms with van der Waals surface area (Å²) in [6.45, 7) is 2.61. The van der Waals surface area contributed by atoms with Gasteiger partial charge in [0.05, 0.1) is 42.5 Å². The SMILES string of the molecule is CCCCOc1ccc(S(=O)(=O)N(C)c2cc(C(=O)OC)cc(C(=O)OC)c2)cc1. The fourth-order valence-electron chi connectivity index (χ4n) is 2.60. The lowest BCUT2D eigenvalue weighted by Crippen LogP contribution is -2.27. The lowest BCUT2D eigenvalue weighted by atomic mass is 10.1. The van der Waals surface area contributed by atoms with Crippen LogP contribution in [0.25, 0.3) is 0 Å². The molecule has 0 saturated heterocycles. The number of carbonyl (C=O) groups is 2. The Morgan fingerprint density at radius 2 is 1.47 bits per heavy atom. The molecule has 0 aromatic heterocycles. The van der Waals surface area contributed by atoms with Crippen molar-refractivity contribution < 1.29 is 32.2 Å². The van der Waals surface area contributed by atoms with E-state index in [4.69, 9.17) is 14.2 Å². The number of benzene rings is 2. The largest absolute Gasteiger partial charge is 0.494 e. The number of carbonyl (C=O) groups excluding carboxylic acids is 2. The number of methoxy groups -OCH3 is 2. The van der Waals surface area contributed by atoms with Gasteiger partial charge in [-0.15, -0.1) is 0 Å². The van der Waals surface area contributed by atoms with Crippen LogP contribution < -0.4 is 9.04 Å². The first-order valence-electron chi connectivity index (χ1n) is 9.28. The highest BCUT2D eigenvalue weighted by Crippen LogP contribution is 2.26. The molecule has 0 radical (unpaired) electrons. The maximum Gasteiger partial charge on any atom is 0.337 e. The molecule has 8 nitrogen and oxygen atoms in total. The van der Waals surface area contributed by atoms with Gasteiger partial charge in [0.25, 0.3) is 10.0 Å². The van der Waals surface area contributed by atoms with Gasteiger partial charge in [-0.25, -0.2) is 18.0 Å². The van der Waals surface area contributed by atoms with Gasteiger partial charge in [0.1, 0.15) is 5.75 Å². The number of esters is 2. The van der Waals surface area contributed by atoms with E-state index in [2.05, 4.69) is 6.92 Å². The minimum atomic E-state index is -3.96. The number of anilines is 1. The number of nitrogens with zero attached hydrogens (tertiary/aromatic N) is 1. The van der Waals surface area contributed by atoms with Crippen molar-refractivity contribution in [1.82, 2.24) is 0 Å². The Bertz CT molecular complexity index is 966. The molecule has 0 amide bonds. The summed E-state index contributed by atoms with van der Waals surface area (Å²) in [5.74, 6) is -0.839. The van der Waals surface area contributed by atoms with Gasteiger partial charge in [-0.1, -0.05) is 13.3 Å². The van der Waals surface area contributed by atoms with E-state index in [9.17, 15) is 18.0 Å². The van der Waals surface area contributed by atoms with Crippen molar-refractivity contribution in [3.05, 3.63) is 53.6 Å². The van der Waals surface area contributed by atoms with Gasteiger partial charge in [-0.2, -0.15) is 0 Å². The van der Waals surface area contributed by atoms with E-state index in [1.54, 1.807) is 12.1 Å². The monoisotopic (exact) mass is 435 g/mol. The Labute approximate surface area is 176 Å². The van der Waals surface area contributed by atoms with Crippen molar-refractivity contribution in [2.75, 3.05) is 32.2 Å². The summed E-state index contributed by atoms with van der Waals surface area (Å²) in [7, 11) is -0.243. The number of ether oxygens (including phenoxy) is 3. The minimum Gasteiger partial charge on any atom is -0.494 e. The summed E-state index contributed by atoms with van der Waals surface area (Å²) in [5, 5.41) is 0. The van der Waals surface area contributed by atoms with Crippen LogP contribution in [-0.4, -0.2) is 48.2 Å². The second kappa shape index (κ2) is 10.1. The first kappa shape index (κ1) is 23.2. The normalized spacial score (nSPS) is 10.9. The summed E-state index contributed by atoms with van der Waals surface area (Å²) in [4.78, 5) is 24.0. The zero-order valence-electron chi connectivity index (χ0n) is 17.4. The highest BCUT2D eigenvalue weighted by atomic mass is 32.2. The van der Waals surface area contributed by atoms with Crippen LogP contribution in [0.5, 0.6) is 5.75 Å². The smallest absolute Gasteiger partial charge is 0.337 e. The molecule has 0 unspecified atom stereocenters. The van der Waals surface area contributed by atoms with Gasteiger partial charge in [0, 0.05) is 7.05 Å². The van der Waals surface area contributed by atoms with Crippen LogP contribution >= 0.6 is 0 Å². The third-order valence-corrected chi connectivity index (χ3v) is 6.17. The Hall–Kier alpha value is -3.07. The van der Waals surface area contributed by atoms with Crippen LogP contribution in [0.2, 0.25) is 0 Å². The summed E-state index contributed by atoms with van der Waals surface area (Å²) in [6, 6.07) is 10.00. The first-order valence-corrected chi connectivity index (χ1v) is 10.7. The van der Waals surface area contributed by atoms with Crippen LogP contribution in [0.1, 0.15) is 40.5 Å². The topological polar surface area (TPSA) is 99.2 Å². The van der Waals surface area contributed by atoms with Gasteiger partial charge in [0.2, 0.25) is 0 Å². The molecule has 0 spiro atoms. The Morgan fingerprint density at radius 1 is 0.933 bits per heavy atom. The number of rotatable bonds is 9. The maximum atomic E-state index is 13.1. The van der Waals surface area contributed by atoms with Crippen molar-refractivity contribution in [3.8, 4) is 5.75 Å². The van der Waals surface area contributed by atoms with Crippen molar-refractivity contribution in [2.24, 2.45) is 0 Å². The Balaban J connectivity index is 2.38. The summed E-state index contributed by atoms with van der Waals surface area (Å²) < 4.78 is 42.0. The van der Waals surface area contributed by atoms with Crippen LogP contribution in [0.4, 0.5) is 5.69 Å². The third-order valence-electron chi connectivity index (χ3n) is 4.37. The Kier molecular flexibility index (Phi) is 7.82. The van der Waals surface area contributed by atoms with Crippen molar-refractivity contribution in [2.45, 2.75) is 24.7 Å². The second-order valence-corrected chi connectivity index (χ2v) is 8.37. The van der Waals surface area contributed by atoms with Crippen molar-refractivity contribution >= 4 is 27.6 Å². The molecule has 0 fully saturated rings. The summed E-state index contributed by atoms with van der Waals surface area (Å²) >= 11 is 0. The molecule has 0 heterocycles. The quantitative estimate of drug-likeness (QED) is 0.440. The molecule has 9 heteroatoms. The van der Waals surface area contributed by atoms with Gasteiger partial charge >= 0.3 is 11.9 Å². The second-order valence-electron chi connectivity index (χ2n) is 6.40. The van der Waals surface area contributed by atoms with Gasteiger partial charge < -0.3 is 14.2 Å². The van der Waals surface area contributed by atoms with E-state index in [0.717, 1.165) is 17.1 Å². The molecule has 0 aliphatic rings. The molecular weight excluding hydrogens is 410 g/mol. The molecule has 30 heavy (non-hydrogen) atoms. The molecule has 162 valence electrons. The average molecular weight is 435 g/mol. The molecule has 0 saturated carbocycles. The fourth-order valence-corrected chi connectivity index (χ4v) is 3.78. The van der Waals surface area contributed by atoms with Crippen LogP contribution in [0, 0.1) is 0 Å². The van der Waals surface area contributed by atoms with E-state index in [-0.39, 0.29) is 21.7 Å². The standard InChI is InChI=1S/C21H25NO7S/c1-5-6-11-29-18-7-9-19(10-8-18)30(25,26)22(2)17-13-15(20(23)27-3)12-16(14-17)21(24)28-4/h7-10,12-14H,5-6,11H2,1-4H3. The van der Waals surface area contributed by atoms with Crippen molar-refractivity contribution in [1.29, 1.82) is 0 Å². The lowest BCUT2D eigenvalue weighted by Gasteiger charge is -2.21. The van der Waals surface area contributed by atoms with E-state index < -0.39 is 22.0 Å². The zero-order chi connectivity index (χ0) is 22.3. The summed E-state index contributed by atoms with van der Waals surface area (Å²) in [5.41, 5.74) is 0.163. The van der Waals surface area contributed by atoms with Gasteiger partial charge in [-0.05, 0) is 48.9 Å². The Morgan fingerprint density at radius 3 is 1.93 bits per heavy atom. The van der Waals surface area contributed by atoms with E-state index in [0.29, 0.717) is 12.4 Å². The molecule has 0 N–H and O–H groups in total. The van der Waals surface area contributed by atoms with Gasteiger partial charge in [-0.3, -0.25) is 4.31 Å². The maximum absolute atomic E-state index is 13.1. The van der Waals surface area contributed by atoms with Crippen molar-refractivity contribution in [3.63, 3.8) is 0 Å². The molecule has 2 aromatic rings. The zero-order valence-corrected chi connectivity index (χ0v) is 18.2. The molecule has 2 aromatic carbocycles. The third kappa shape index (κ3) is 5.29. The fraction of sp³-hybridized carbons (Fsp3) is 0.333.